The van der Waals surface area contributed by atoms with Crippen molar-refractivity contribution in [1.82, 2.24) is 24.7 Å². The van der Waals surface area contributed by atoms with Crippen LogP contribution in [0.15, 0.2) is 22.9 Å². The van der Waals surface area contributed by atoms with Crippen LogP contribution in [0.3, 0.4) is 0 Å². The predicted octanol–water partition coefficient (Wildman–Crippen LogP) is 4.30. The molecule has 23 heavy (non-hydrogen) atoms. The first-order valence-electron chi connectivity index (χ1n) is 6.76. The van der Waals surface area contributed by atoms with Crippen molar-refractivity contribution in [2.24, 2.45) is 0 Å². The molecule has 0 atom stereocenters. The average Bonchev–Trinajstić information content (AvgIpc) is 2.82. The van der Waals surface area contributed by atoms with Crippen molar-refractivity contribution in [2.75, 3.05) is 0 Å². The zero-order valence-electron chi connectivity index (χ0n) is 12.2. The van der Waals surface area contributed by atoms with Crippen LogP contribution < -0.4 is 0 Å². The fourth-order valence-electron chi connectivity index (χ4n) is 2.09. The highest BCUT2D eigenvalue weighted by Crippen LogP contribution is 2.29. The molecule has 0 N–H and O–H groups in total. The maximum Gasteiger partial charge on any atom is 0.303 e. The van der Waals surface area contributed by atoms with Gasteiger partial charge in [-0.25, -0.2) is 19.6 Å². The first-order chi connectivity index (χ1) is 10.8. The molecule has 120 valence electrons. The molecule has 9 heteroatoms. The Morgan fingerprint density at radius 3 is 2.70 bits per heavy atom. The molecule has 3 rings (SSSR count). The summed E-state index contributed by atoms with van der Waals surface area (Å²) >= 11 is 9.26. The summed E-state index contributed by atoms with van der Waals surface area (Å²) in [4.78, 5) is 11.9. The fourth-order valence-corrected chi connectivity index (χ4v) is 2.71. The van der Waals surface area contributed by atoms with E-state index >= 15 is 0 Å². The monoisotopic (exact) mass is 401 g/mol. The van der Waals surface area contributed by atoms with Gasteiger partial charge in [-0.05, 0) is 22.4 Å². The van der Waals surface area contributed by atoms with Crippen molar-refractivity contribution in [1.29, 1.82) is 0 Å². The number of halogens is 4. The number of pyridine rings is 1. The smallest absolute Gasteiger partial charge is 0.244 e. The highest BCUT2D eigenvalue weighted by Gasteiger charge is 2.29. The number of alkyl halides is 2. The molecular weight excluding hydrogens is 392 g/mol. The van der Waals surface area contributed by atoms with Crippen LogP contribution in [0.25, 0.3) is 16.7 Å². The minimum absolute atomic E-state index is 0.256. The third-order valence-electron chi connectivity index (χ3n) is 3.22. The van der Waals surface area contributed by atoms with Crippen molar-refractivity contribution >= 4 is 38.4 Å². The van der Waals surface area contributed by atoms with Gasteiger partial charge in [-0.15, -0.1) is 0 Å². The molecule has 0 aliphatic carbocycles. The van der Waals surface area contributed by atoms with E-state index in [-0.39, 0.29) is 11.0 Å². The summed E-state index contributed by atoms with van der Waals surface area (Å²) < 4.78 is 29.3. The summed E-state index contributed by atoms with van der Waals surface area (Å²) in [5.41, 5.74) is 1.12. The lowest BCUT2D eigenvalue weighted by molar-refractivity contribution is 0.00742. The van der Waals surface area contributed by atoms with Crippen LogP contribution in [-0.2, 0) is 12.3 Å². The van der Waals surface area contributed by atoms with Gasteiger partial charge in [-0.2, -0.15) is 13.9 Å². The molecule has 0 bridgehead atoms. The molecule has 0 amide bonds. The highest BCUT2D eigenvalue weighted by molar-refractivity contribution is 9.10. The molecule has 0 saturated heterocycles. The molecule has 3 aromatic heterocycles. The lowest BCUT2D eigenvalue weighted by Gasteiger charge is -2.12. The Hall–Kier alpha value is -1.67. The molecule has 3 aromatic rings. The normalized spacial score (nSPS) is 12.1. The van der Waals surface area contributed by atoms with E-state index in [2.05, 4.69) is 36.0 Å². The van der Waals surface area contributed by atoms with Crippen molar-refractivity contribution in [3.8, 4) is 5.82 Å². The van der Waals surface area contributed by atoms with E-state index in [1.807, 2.05) is 6.92 Å². The SMILES string of the molecule is CCc1cc(-n2nc(Br)c3cnc(Cl)cc32)nc(C(C)(F)F)n1. The molecule has 0 radical (unpaired) electrons. The second-order valence-electron chi connectivity index (χ2n) is 5.01. The van der Waals surface area contributed by atoms with Gasteiger partial charge in [0.05, 0.1) is 10.9 Å². The first-order valence-corrected chi connectivity index (χ1v) is 7.93. The second kappa shape index (κ2) is 5.76. The van der Waals surface area contributed by atoms with Gasteiger partial charge in [0.2, 0.25) is 5.82 Å². The number of hydrogen-bond donors (Lipinski definition) is 0. The van der Waals surface area contributed by atoms with Crippen LogP contribution >= 0.6 is 27.5 Å². The van der Waals surface area contributed by atoms with Crippen LogP contribution in [0.2, 0.25) is 5.15 Å². The van der Waals surface area contributed by atoms with Crippen LogP contribution in [0, 0.1) is 0 Å². The molecule has 0 spiro atoms. The van der Waals surface area contributed by atoms with E-state index < -0.39 is 11.7 Å². The predicted molar refractivity (Wildman–Crippen MR) is 86.1 cm³/mol. The lowest BCUT2D eigenvalue weighted by Crippen LogP contribution is -2.16. The Kier molecular flexibility index (Phi) is 4.05. The molecule has 0 fully saturated rings. The maximum atomic E-state index is 13.7. The minimum Gasteiger partial charge on any atom is -0.244 e. The Bertz CT molecular complexity index is 891. The maximum absolute atomic E-state index is 13.7. The summed E-state index contributed by atoms with van der Waals surface area (Å²) in [5, 5.41) is 5.28. The molecular formula is C14H11BrClF2N5. The van der Waals surface area contributed by atoms with E-state index in [4.69, 9.17) is 11.6 Å². The Morgan fingerprint density at radius 1 is 1.30 bits per heavy atom. The molecule has 0 aliphatic rings. The summed E-state index contributed by atoms with van der Waals surface area (Å²) in [6.07, 6.45) is 2.06. The number of aryl methyl sites for hydroxylation is 1. The van der Waals surface area contributed by atoms with Crippen molar-refractivity contribution in [3.05, 3.63) is 39.6 Å². The van der Waals surface area contributed by atoms with Gasteiger partial charge >= 0.3 is 5.92 Å². The van der Waals surface area contributed by atoms with Gasteiger partial charge < -0.3 is 0 Å². The highest BCUT2D eigenvalue weighted by atomic mass is 79.9. The summed E-state index contributed by atoms with van der Waals surface area (Å²) in [5.74, 6) is -3.42. The summed E-state index contributed by atoms with van der Waals surface area (Å²) in [7, 11) is 0. The largest absolute Gasteiger partial charge is 0.303 e. The Labute approximate surface area is 143 Å². The topological polar surface area (TPSA) is 56.5 Å². The summed E-state index contributed by atoms with van der Waals surface area (Å²) in [6.45, 7) is 2.60. The fraction of sp³-hybridized carbons (Fsp3) is 0.286. The van der Waals surface area contributed by atoms with Gasteiger partial charge in [0.1, 0.15) is 9.76 Å². The number of fused-ring (bicyclic) bond motifs is 1. The summed E-state index contributed by atoms with van der Waals surface area (Å²) in [6, 6.07) is 3.23. The zero-order valence-corrected chi connectivity index (χ0v) is 14.5. The Morgan fingerprint density at radius 2 is 2.04 bits per heavy atom. The molecule has 5 nitrogen and oxygen atoms in total. The zero-order chi connectivity index (χ0) is 16.8. The van der Waals surface area contributed by atoms with Crippen molar-refractivity contribution < 1.29 is 8.78 Å². The average molecular weight is 403 g/mol. The quantitative estimate of drug-likeness (QED) is 0.613. The minimum atomic E-state index is -3.14. The van der Waals surface area contributed by atoms with Crippen molar-refractivity contribution in [2.45, 2.75) is 26.2 Å². The molecule has 0 unspecified atom stereocenters. The third kappa shape index (κ3) is 3.05. The van der Waals surface area contributed by atoms with Crippen LogP contribution in [0.4, 0.5) is 8.78 Å². The van der Waals surface area contributed by atoms with E-state index in [1.165, 1.54) is 4.68 Å². The molecule has 3 heterocycles. The molecule has 0 aliphatic heterocycles. The number of aromatic nitrogens is 5. The van der Waals surface area contributed by atoms with E-state index in [9.17, 15) is 8.78 Å². The molecule has 0 saturated carbocycles. The third-order valence-corrected chi connectivity index (χ3v) is 4.02. The lowest BCUT2D eigenvalue weighted by atomic mass is 10.2. The van der Waals surface area contributed by atoms with E-state index in [0.717, 1.165) is 6.92 Å². The van der Waals surface area contributed by atoms with Gasteiger partial charge in [-0.3, -0.25) is 0 Å². The van der Waals surface area contributed by atoms with Gasteiger partial charge in [0, 0.05) is 30.9 Å². The number of hydrogen-bond acceptors (Lipinski definition) is 4. The van der Waals surface area contributed by atoms with Crippen LogP contribution in [-0.4, -0.2) is 24.7 Å². The number of rotatable bonds is 3. The standard InChI is InChI=1S/C14H11BrClF2N5/c1-3-7-4-11(21-13(20-7)14(2,17)18)23-9-5-10(16)19-6-8(9)12(15)22-23/h4-6H,3H2,1-2H3. The first kappa shape index (κ1) is 16.2. The van der Waals surface area contributed by atoms with Gasteiger partial charge in [-0.1, -0.05) is 18.5 Å². The van der Waals surface area contributed by atoms with Gasteiger partial charge in [0.25, 0.3) is 0 Å². The van der Waals surface area contributed by atoms with E-state index in [1.54, 1.807) is 18.3 Å². The Balaban J connectivity index is 2.28. The van der Waals surface area contributed by atoms with Crippen LogP contribution in [0.1, 0.15) is 25.4 Å². The molecule has 0 aromatic carbocycles. The second-order valence-corrected chi connectivity index (χ2v) is 6.15. The van der Waals surface area contributed by atoms with Crippen molar-refractivity contribution in [3.63, 3.8) is 0 Å². The number of nitrogens with zero attached hydrogens (tertiary/aromatic N) is 5. The van der Waals surface area contributed by atoms with Gasteiger partial charge in [0.15, 0.2) is 5.82 Å². The van der Waals surface area contributed by atoms with E-state index in [0.29, 0.717) is 27.6 Å². The van der Waals surface area contributed by atoms with Crippen LogP contribution in [0.5, 0.6) is 0 Å².